The van der Waals surface area contributed by atoms with E-state index in [-0.39, 0.29) is 0 Å². The number of likely N-dealkylation sites (tertiary alicyclic amines) is 1. The predicted octanol–water partition coefficient (Wildman–Crippen LogP) is 1.45. The molecule has 76 valence electrons. The third kappa shape index (κ3) is 2.05. The van der Waals surface area contributed by atoms with Crippen molar-refractivity contribution in [1.29, 1.82) is 0 Å². The molecule has 0 spiro atoms. The van der Waals surface area contributed by atoms with Crippen molar-refractivity contribution in [3.05, 3.63) is 0 Å². The van der Waals surface area contributed by atoms with E-state index in [4.69, 9.17) is 5.73 Å². The Morgan fingerprint density at radius 3 is 2.31 bits per heavy atom. The van der Waals surface area contributed by atoms with Crippen LogP contribution in [0.15, 0.2) is 0 Å². The average molecular weight is 182 g/mol. The lowest BCUT2D eigenvalue weighted by molar-refractivity contribution is 0.223. The first-order valence-electron chi connectivity index (χ1n) is 5.68. The van der Waals surface area contributed by atoms with Gasteiger partial charge in [-0.25, -0.2) is 0 Å². The summed E-state index contributed by atoms with van der Waals surface area (Å²) in [5, 5.41) is 0. The monoisotopic (exact) mass is 182 g/mol. The van der Waals surface area contributed by atoms with Crippen LogP contribution >= 0.6 is 0 Å². The Balaban J connectivity index is 1.82. The second kappa shape index (κ2) is 3.58. The second-order valence-electron chi connectivity index (χ2n) is 4.98. The molecule has 13 heavy (non-hydrogen) atoms. The topological polar surface area (TPSA) is 29.3 Å². The van der Waals surface area contributed by atoms with Crippen LogP contribution in [0.3, 0.4) is 0 Å². The van der Waals surface area contributed by atoms with Gasteiger partial charge in [-0.1, -0.05) is 0 Å². The Bertz CT molecular complexity index is 175. The van der Waals surface area contributed by atoms with E-state index < -0.39 is 0 Å². The van der Waals surface area contributed by atoms with Crippen molar-refractivity contribution in [2.75, 3.05) is 13.1 Å². The molecule has 1 aliphatic heterocycles. The minimum atomic E-state index is 0.386. The Hall–Kier alpha value is -0.0800. The minimum absolute atomic E-state index is 0.386. The lowest BCUT2D eigenvalue weighted by Gasteiger charge is -2.24. The number of rotatable bonds is 3. The van der Waals surface area contributed by atoms with Gasteiger partial charge in [0.2, 0.25) is 0 Å². The molecule has 1 aliphatic carbocycles. The van der Waals surface area contributed by atoms with Crippen molar-refractivity contribution >= 4 is 0 Å². The van der Waals surface area contributed by atoms with Gasteiger partial charge in [0.05, 0.1) is 0 Å². The van der Waals surface area contributed by atoms with Gasteiger partial charge in [-0.3, -0.25) is 0 Å². The summed E-state index contributed by atoms with van der Waals surface area (Å²) in [5.41, 5.74) is 5.93. The van der Waals surface area contributed by atoms with E-state index in [9.17, 15) is 0 Å². The van der Waals surface area contributed by atoms with Gasteiger partial charge in [0.15, 0.2) is 0 Å². The van der Waals surface area contributed by atoms with E-state index in [1.165, 1.54) is 32.4 Å². The molecule has 3 atom stereocenters. The van der Waals surface area contributed by atoms with Crippen LogP contribution in [0.4, 0.5) is 0 Å². The van der Waals surface area contributed by atoms with E-state index in [2.05, 4.69) is 18.7 Å². The summed E-state index contributed by atoms with van der Waals surface area (Å²) in [6.07, 6.45) is 4.23. The van der Waals surface area contributed by atoms with Crippen LogP contribution in [0.1, 0.15) is 33.1 Å². The zero-order chi connectivity index (χ0) is 9.42. The van der Waals surface area contributed by atoms with Crippen molar-refractivity contribution in [2.45, 2.75) is 45.2 Å². The molecule has 0 amide bonds. The molecule has 1 saturated heterocycles. The van der Waals surface area contributed by atoms with Gasteiger partial charge >= 0.3 is 0 Å². The van der Waals surface area contributed by atoms with Crippen molar-refractivity contribution in [2.24, 2.45) is 17.6 Å². The summed E-state index contributed by atoms with van der Waals surface area (Å²) in [6, 6.07) is 1.21. The molecule has 0 aromatic heterocycles. The zero-order valence-electron chi connectivity index (χ0n) is 8.87. The van der Waals surface area contributed by atoms with Gasteiger partial charge < -0.3 is 10.6 Å². The quantitative estimate of drug-likeness (QED) is 0.716. The van der Waals surface area contributed by atoms with E-state index in [1.54, 1.807) is 0 Å². The highest BCUT2D eigenvalue weighted by Crippen LogP contribution is 2.37. The molecule has 0 radical (unpaired) electrons. The molecule has 2 aliphatic rings. The van der Waals surface area contributed by atoms with E-state index in [0.29, 0.717) is 6.04 Å². The minimum Gasteiger partial charge on any atom is -0.328 e. The Labute approximate surface area is 81.5 Å². The normalized spacial score (nSPS) is 34.8. The van der Waals surface area contributed by atoms with Crippen LogP contribution in [0.5, 0.6) is 0 Å². The van der Waals surface area contributed by atoms with Gasteiger partial charge in [-0.05, 0) is 51.5 Å². The third-order valence-electron chi connectivity index (χ3n) is 3.88. The fourth-order valence-corrected chi connectivity index (χ4v) is 2.49. The molecule has 2 rings (SSSR count). The average Bonchev–Trinajstić information content (AvgIpc) is 2.81. The maximum Gasteiger partial charge on any atom is 0.00953 e. The molecule has 2 N–H and O–H groups in total. The predicted molar refractivity (Wildman–Crippen MR) is 55.5 cm³/mol. The van der Waals surface area contributed by atoms with E-state index in [0.717, 1.165) is 17.9 Å². The molecule has 3 unspecified atom stereocenters. The summed E-state index contributed by atoms with van der Waals surface area (Å²) in [5.74, 6) is 1.76. The van der Waals surface area contributed by atoms with E-state index in [1.807, 2.05) is 0 Å². The Morgan fingerprint density at radius 1 is 1.15 bits per heavy atom. The van der Waals surface area contributed by atoms with Gasteiger partial charge in [0.1, 0.15) is 0 Å². The molecule has 2 nitrogen and oxygen atoms in total. The first kappa shape index (κ1) is 9.47. The number of nitrogens with zero attached hydrogens (tertiary/aromatic N) is 1. The van der Waals surface area contributed by atoms with Crippen molar-refractivity contribution in [1.82, 2.24) is 4.90 Å². The molecule has 1 heterocycles. The third-order valence-corrected chi connectivity index (χ3v) is 3.88. The molecule has 2 fully saturated rings. The smallest absolute Gasteiger partial charge is 0.00953 e. The lowest BCUT2D eigenvalue weighted by Crippen LogP contribution is -2.35. The summed E-state index contributed by atoms with van der Waals surface area (Å²) >= 11 is 0. The highest BCUT2D eigenvalue weighted by molar-refractivity contribution is 4.90. The molecular weight excluding hydrogens is 160 g/mol. The van der Waals surface area contributed by atoms with Crippen LogP contribution < -0.4 is 5.73 Å². The molecule has 2 heteroatoms. The summed E-state index contributed by atoms with van der Waals surface area (Å²) in [7, 11) is 0. The Kier molecular flexibility index (Phi) is 2.61. The molecular formula is C11H22N2. The zero-order valence-corrected chi connectivity index (χ0v) is 8.87. The van der Waals surface area contributed by atoms with Crippen LogP contribution in [0.25, 0.3) is 0 Å². The summed E-state index contributed by atoms with van der Waals surface area (Å²) in [6.45, 7) is 7.07. The standard InChI is InChI=1S/C11H22N2/c1-8(12)11-5-6-13(7-11)9(2)10-3-4-10/h8-11H,3-7,12H2,1-2H3. The number of hydrogen-bond acceptors (Lipinski definition) is 2. The number of nitrogens with two attached hydrogens (primary N) is 1. The highest BCUT2D eigenvalue weighted by atomic mass is 15.2. The first-order chi connectivity index (χ1) is 6.18. The van der Waals surface area contributed by atoms with Crippen LogP contribution in [0, 0.1) is 11.8 Å². The van der Waals surface area contributed by atoms with E-state index >= 15 is 0 Å². The van der Waals surface area contributed by atoms with Crippen molar-refractivity contribution in [3.63, 3.8) is 0 Å². The van der Waals surface area contributed by atoms with Crippen LogP contribution in [-0.4, -0.2) is 30.1 Å². The van der Waals surface area contributed by atoms with Gasteiger partial charge in [-0.2, -0.15) is 0 Å². The molecule has 0 aromatic carbocycles. The van der Waals surface area contributed by atoms with Crippen molar-refractivity contribution < 1.29 is 0 Å². The first-order valence-corrected chi connectivity index (χ1v) is 5.68. The molecule has 0 aromatic rings. The highest BCUT2D eigenvalue weighted by Gasteiger charge is 2.35. The van der Waals surface area contributed by atoms with Crippen LogP contribution in [-0.2, 0) is 0 Å². The molecule has 1 saturated carbocycles. The molecule has 0 bridgehead atoms. The SMILES string of the molecule is CC(N)C1CCN(C(C)C2CC2)C1. The van der Waals surface area contributed by atoms with Gasteiger partial charge in [0.25, 0.3) is 0 Å². The Morgan fingerprint density at radius 2 is 1.85 bits per heavy atom. The van der Waals surface area contributed by atoms with Gasteiger partial charge in [-0.15, -0.1) is 0 Å². The second-order valence-corrected chi connectivity index (χ2v) is 4.98. The van der Waals surface area contributed by atoms with Crippen LogP contribution in [0.2, 0.25) is 0 Å². The fraction of sp³-hybridized carbons (Fsp3) is 1.00. The number of hydrogen-bond donors (Lipinski definition) is 1. The largest absolute Gasteiger partial charge is 0.328 e. The lowest BCUT2D eigenvalue weighted by atomic mass is 10.0. The fourth-order valence-electron chi connectivity index (χ4n) is 2.49. The van der Waals surface area contributed by atoms with Crippen molar-refractivity contribution in [3.8, 4) is 0 Å². The summed E-state index contributed by atoms with van der Waals surface area (Å²) < 4.78 is 0. The van der Waals surface area contributed by atoms with Gasteiger partial charge in [0, 0.05) is 18.6 Å². The maximum atomic E-state index is 5.93. The summed E-state index contributed by atoms with van der Waals surface area (Å²) in [4.78, 5) is 2.64. The maximum absolute atomic E-state index is 5.93.